The first-order valence-corrected chi connectivity index (χ1v) is 6.72. The minimum atomic E-state index is -0.0369. The summed E-state index contributed by atoms with van der Waals surface area (Å²) in [5.74, 6) is 0.529. The van der Waals surface area contributed by atoms with E-state index in [0.29, 0.717) is 5.92 Å². The molecule has 1 heteroatoms. The van der Waals surface area contributed by atoms with Gasteiger partial charge < -0.3 is 5.11 Å². The molecule has 0 heterocycles. The highest BCUT2D eigenvalue weighted by Crippen LogP contribution is 2.55. The van der Waals surface area contributed by atoms with Crippen LogP contribution in [0.15, 0.2) is 23.8 Å². The summed E-state index contributed by atoms with van der Waals surface area (Å²) >= 11 is 0. The quantitative estimate of drug-likeness (QED) is 0.704. The third kappa shape index (κ3) is 2.49. The zero-order chi connectivity index (χ0) is 13.3. The molecule has 0 saturated carbocycles. The lowest BCUT2D eigenvalue weighted by Gasteiger charge is -2.44. The summed E-state index contributed by atoms with van der Waals surface area (Å²) < 4.78 is 0. The maximum atomic E-state index is 9.84. The Bertz CT molecular complexity index is 328. The van der Waals surface area contributed by atoms with Crippen molar-refractivity contribution in [3.63, 3.8) is 0 Å². The van der Waals surface area contributed by atoms with Gasteiger partial charge in [0.1, 0.15) is 0 Å². The maximum absolute atomic E-state index is 9.84. The summed E-state index contributed by atoms with van der Waals surface area (Å²) in [5, 5.41) is 9.84. The molecule has 0 saturated heterocycles. The second-order valence-electron chi connectivity index (χ2n) is 6.39. The van der Waals surface area contributed by atoms with Crippen LogP contribution in [0.4, 0.5) is 0 Å². The fourth-order valence-electron chi connectivity index (χ4n) is 3.62. The van der Waals surface area contributed by atoms with E-state index >= 15 is 0 Å². The van der Waals surface area contributed by atoms with E-state index in [1.54, 1.807) is 0 Å². The molecule has 0 aromatic carbocycles. The van der Waals surface area contributed by atoms with E-state index in [1.165, 1.54) is 11.1 Å². The summed E-state index contributed by atoms with van der Waals surface area (Å²) in [7, 11) is 0. The van der Waals surface area contributed by atoms with Crippen LogP contribution in [-0.4, -0.2) is 11.7 Å². The zero-order valence-electron chi connectivity index (χ0n) is 12.1. The topological polar surface area (TPSA) is 20.2 Å². The highest BCUT2D eigenvalue weighted by Gasteiger charge is 2.47. The highest BCUT2D eigenvalue weighted by molar-refractivity contribution is 5.22. The van der Waals surface area contributed by atoms with Crippen LogP contribution in [0.25, 0.3) is 0 Å². The number of allylic oxidation sites excluding steroid dienone is 3. The largest absolute Gasteiger partial charge is 0.396 e. The Balaban J connectivity index is 3.02. The molecule has 3 atom stereocenters. The molecule has 1 aliphatic rings. The minimum absolute atomic E-state index is 0.0369. The van der Waals surface area contributed by atoms with E-state index < -0.39 is 0 Å². The number of aliphatic hydroxyl groups is 1. The van der Waals surface area contributed by atoms with Gasteiger partial charge in [0.25, 0.3) is 0 Å². The molecule has 0 radical (unpaired) electrons. The Labute approximate surface area is 107 Å². The van der Waals surface area contributed by atoms with Crippen molar-refractivity contribution < 1.29 is 5.11 Å². The van der Waals surface area contributed by atoms with Gasteiger partial charge in [-0.25, -0.2) is 0 Å². The monoisotopic (exact) mass is 236 g/mol. The van der Waals surface area contributed by atoms with Gasteiger partial charge in [0.05, 0.1) is 0 Å². The summed E-state index contributed by atoms with van der Waals surface area (Å²) in [4.78, 5) is 0. The molecule has 1 nitrogen and oxygen atoms in total. The van der Waals surface area contributed by atoms with Crippen molar-refractivity contribution in [3.05, 3.63) is 23.8 Å². The van der Waals surface area contributed by atoms with Gasteiger partial charge in [-0.3, -0.25) is 0 Å². The minimum Gasteiger partial charge on any atom is -0.396 e. The van der Waals surface area contributed by atoms with Gasteiger partial charge in [0.2, 0.25) is 0 Å². The molecule has 98 valence electrons. The van der Waals surface area contributed by atoms with Crippen LogP contribution in [-0.2, 0) is 0 Å². The third-order valence-electron chi connectivity index (χ3n) is 4.97. The second-order valence-corrected chi connectivity index (χ2v) is 6.39. The average molecular weight is 236 g/mol. The van der Waals surface area contributed by atoms with Crippen LogP contribution in [0.1, 0.15) is 53.9 Å². The van der Waals surface area contributed by atoms with Crippen LogP contribution in [0.5, 0.6) is 0 Å². The van der Waals surface area contributed by atoms with Crippen LogP contribution >= 0.6 is 0 Å². The number of aliphatic hydroxyl groups excluding tert-OH is 1. The first kappa shape index (κ1) is 14.5. The molecule has 3 unspecified atom stereocenters. The second kappa shape index (κ2) is 4.97. The first-order chi connectivity index (χ1) is 7.80. The summed E-state index contributed by atoms with van der Waals surface area (Å²) in [5.41, 5.74) is 2.87. The van der Waals surface area contributed by atoms with E-state index in [9.17, 15) is 5.11 Å². The zero-order valence-corrected chi connectivity index (χ0v) is 12.1. The third-order valence-corrected chi connectivity index (χ3v) is 4.97. The van der Waals surface area contributed by atoms with Crippen molar-refractivity contribution >= 4 is 0 Å². The average Bonchev–Trinajstić information content (AvgIpc) is 2.56. The molecular formula is C16H28O. The number of rotatable bonds is 5. The SMILES string of the molecule is C=C(C)CC(C)(CO)C1CC=C(C)C1(C)CC. The summed E-state index contributed by atoms with van der Waals surface area (Å²) in [6, 6.07) is 0. The van der Waals surface area contributed by atoms with E-state index in [0.717, 1.165) is 19.3 Å². The lowest BCUT2D eigenvalue weighted by Crippen LogP contribution is -2.40. The van der Waals surface area contributed by atoms with Crippen LogP contribution in [0.3, 0.4) is 0 Å². The Morgan fingerprint density at radius 2 is 2.24 bits per heavy atom. The van der Waals surface area contributed by atoms with Gasteiger partial charge in [-0.2, -0.15) is 0 Å². The van der Waals surface area contributed by atoms with Gasteiger partial charge in [-0.15, -0.1) is 6.58 Å². The molecule has 1 aliphatic carbocycles. The smallest absolute Gasteiger partial charge is 0.0490 e. The molecule has 0 spiro atoms. The Kier molecular flexibility index (Phi) is 4.24. The lowest BCUT2D eigenvalue weighted by molar-refractivity contribution is 0.0245. The van der Waals surface area contributed by atoms with E-state index in [2.05, 4.69) is 47.3 Å². The van der Waals surface area contributed by atoms with Crippen molar-refractivity contribution in [3.8, 4) is 0 Å². The fourth-order valence-corrected chi connectivity index (χ4v) is 3.62. The predicted octanol–water partition coefficient (Wildman–Crippen LogP) is 4.33. The van der Waals surface area contributed by atoms with Crippen molar-refractivity contribution in [1.82, 2.24) is 0 Å². The summed E-state index contributed by atoms with van der Waals surface area (Å²) in [6.45, 7) is 15.4. The van der Waals surface area contributed by atoms with Gasteiger partial charge in [0, 0.05) is 6.61 Å². The molecule has 17 heavy (non-hydrogen) atoms. The molecule has 0 fully saturated rings. The normalized spacial score (nSPS) is 32.1. The Morgan fingerprint density at radius 1 is 1.65 bits per heavy atom. The number of hydrogen-bond acceptors (Lipinski definition) is 1. The Hall–Kier alpha value is -0.560. The molecule has 1 rings (SSSR count). The van der Waals surface area contributed by atoms with Crippen LogP contribution in [0, 0.1) is 16.7 Å². The van der Waals surface area contributed by atoms with Crippen molar-refractivity contribution in [2.45, 2.75) is 53.9 Å². The molecule has 0 aromatic rings. The molecular weight excluding hydrogens is 208 g/mol. The van der Waals surface area contributed by atoms with Crippen molar-refractivity contribution in [2.24, 2.45) is 16.7 Å². The lowest BCUT2D eigenvalue weighted by atomic mass is 9.60. The molecule has 0 amide bonds. The molecule has 0 aliphatic heterocycles. The molecule has 0 bridgehead atoms. The van der Waals surface area contributed by atoms with Crippen LogP contribution < -0.4 is 0 Å². The van der Waals surface area contributed by atoms with E-state index in [-0.39, 0.29) is 17.4 Å². The summed E-state index contributed by atoms with van der Waals surface area (Å²) in [6.07, 6.45) is 5.53. The predicted molar refractivity (Wildman–Crippen MR) is 74.9 cm³/mol. The fraction of sp³-hybridized carbons (Fsp3) is 0.750. The maximum Gasteiger partial charge on any atom is 0.0490 e. The molecule has 1 N–H and O–H groups in total. The van der Waals surface area contributed by atoms with Crippen molar-refractivity contribution in [2.75, 3.05) is 6.61 Å². The van der Waals surface area contributed by atoms with Gasteiger partial charge >= 0.3 is 0 Å². The first-order valence-electron chi connectivity index (χ1n) is 6.72. The molecule has 0 aromatic heterocycles. The van der Waals surface area contributed by atoms with E-state index in [4.69, 9.17) is 0 Å². The van der Waals surface area contributed by atoms with Gasteiger partial charge in [0.15, 0.2) is 0 Å². The van der Waals surface area contributed by atoms with Gasteiger partial charge in [-0.05, 0) is 49.9 Å². The van der Waals surface area contributed by atoms with Crippen molar-refractivity contribution in [1.29, 1.82) is 0 Å². The highest BCUT2D eigenvalue weighted by atomic mass is 16.3. The van der Waals surface area contributed by atoms with E-state index in [1.807, 2.05) is 0 Å². The van der Waals surface area contributed by atoms with Crippen LogP contribution in [0.2, 0.25) is 0 Å². The number of hydrogen-bond donors (Lipinski definition) is 1. The standard InChI is InChI=1S/C16H28O/c1-7-16(6)13(4)8-9-14(16)15(5,11-17)10-12(2)3/h8,14,17H,2,7,9-11H2,1,3-6H3. The Morgan fingerprint density at radius 3 is 2.65 bits per heavy atom. The van der Waals surface area contributed by atoms with Gasteiger partial charge in [-0.1, -0.05) is 38.0 Å².